The topological polar surface area (TPSA) is 50.2 Å². The van der Waals surface area contributed by atoms with Crippen molar-refractivity contribution in [2.75, 3.05) is 0 Å². The van der Waals surface area contributed by atoms with Crippen LogP contribution in [0.2, 0.25) is 0 Å². The molecular weight excluding hydrogens is 250 g/mol. The van der Waals surface area contributed by atoms with Crippen LogP contribution in [-0.4, -0.2) is 16.1 Å². The predicted octanol–water partition coefficient (Wildman–Crippen LogP) is 3.03. The maximum atomic E-state index is 11.1. The minimum atomic E-state index is -0.639. The number of aryl methyl sites for hydroxylation is 1. The first-order chi connectivity index (χ1) is 9.65. The highest BCUT2D eigenvalue weighted by Gasteiger charge is 2.59. The molecule has 100 valence electrons. The number of pyridine rings is 1. The molecule has 3 unspecified atom stereocenters. The van der Waals surface area contributed by atoms with E-state index in [0.717, 1.165) is 12.1 Å². The molecule has 1 aromatic heterocycles. The molecule has 2 aromatic rings. The molecule has 2 aliphatic rings. The molecule has 3 heteroatoms. The SMILES string of the molecule is Cc1cc(-c2ccc3c(c2)CC2C(C(=O)O)C32)ccn1. The Morgan fingerprint density at radius 1 is 1.25 bits per heavy atom. The molecule has 1 saturated carbocycles. The summed E-state index contributed by atoms with van der Waals surface area (Å²) in [6, 6.07) is 10.5. The smallest absolute Gasteiger partial charge is 0.307 e. The van der Waals surface area contributed by atoms with E-state index in [1.807, 2.05) is 19.2 Å². The van der Waals surface area contributed by atoms with Crippen molar-refractivity contribution in [1.82, 2.24) is 4.98 Å². The molecular formula is C17H15NO2. The third-order valence-electron chi connectivity index (χ3n) is 4.64. The summed E-state index contributed by atoms with van der Waals surface area (Å²) in [7, 11) is 0. The zero-order valence-electron chi connectivity index (χ0n) is 11.2. The van der Waals surface area contributed by atoms with Gasteiger partial charge in [-0.05, 0) is 53.6 Å². The van der Waals surface area contributed by atoms with Gasteiger partial charge >= 0.3 is 5.97 Å². The van der Waals surface area contributed by atoms with Gasteiger partial charge in [-0.3, -0.25) is 9.78 Å². The van der Waals surface area contributed by atoms with Crippen molar-refractivity contribution in [1.29, 1.82) is 0 Å². The van der Waals surface area contributed by atoms with Crippen LogP contribution in [0.5, 0.6) is 0 Å². The molecule has 2 aliphatic carbocycles. The highest BCUT2D eigenvalue weighted by molar-refractivity contribution is 5.78. The van der Waals surface area contributed by atoms with Crippen LogP contribution in [0.25, 0.3) is 11.1 Å². The summed E-state index contributed by atoms with van der Waals surface area (Å²) in [5.41, 5.74) is 5.95. The van der Waals surface area contributed by atoms with Crippen molar-refractivity contribution in [3.8, 4) is 11.1 Å². The molecule has 1 N–H and O–H groups in total. The molecule has 20 heavy (non-hydrogen) atoms. The van der Waals surface area contributed by atoms with E-state index >= 15 is 0 Å². The fourth-order valence-corrected chi connectivity index (χ4v) is 3.65. The second kappa shape index (κ2) is 3.92. The van der Waals surface area contributed by atoms with E-state index in [1.165, 1.54) is 22.3 Å². The number of aromatic nitrogens is 1. The number of hydrogen-bond acceptors (Lipinski definition) is 2. The standard InChI is InChI=1S/C17H15NO2/c1-9-6-11(4-5-18-9)10-2-3-13-12(7-10)8-14-15(13)16(14)17(19)20/h2-7,14-16H,8H2,1H3,(H,19,20). The van der Waals surface area contributed by atoms with Gasteiger partial charge in [0.2, 0.25) is 0 Å². The van der Waals surface area contributed by atoms with Crippen LogP contribution in [0.15, 0.2) is 36.5 Å². The Morgan fingerprint density at radius 3 is 2.80 bits per heavy atom. The van der Waals surface area contributed by atoms with Gasteiger partial charge in [-0.25, -0.2) is 0 Å². The Labute approximate surface area is 117 Å². The van der Waals surface area contributed by atoms with Crippen molar-refractivity contribution in [2.24, 2.45) is 11.8 Å². The van der Waals surface area contributed by atoms with Gasteiger partial charge in [0.25, 0.3) is 0 Å². The number of benzene rings is 1. The second-order valence-corrected chi connectivity index (χ2v) is 5.86. The molecule has 1 fully saturated rings. The lowest BCUT2D eigenvalue weighted by atomic mass is 9.96. The van der Waals surface area contributed by atoms with Crippen molar-refractivity contribution in [2.45, 2.75) is 19.3 Å². The van der Waals surface area contributed by atoms with Gasteiger partial charge in [-0.2, -0.15) is 0 Å². The lowest BCUT2D eigenvalue weighted by molar-refractivity contribution is -0.139. The molecule has 1 heterocycles. The first kappa shape index (κ1) is 11.6. The van der Waals surface area contributed by atoms with Crippen molar-refractivity contribution in [3.05, 3.63) is 53.3 Å². The number of rotatable bonds is 2. The molecule has 4 rings (SSSR count). The molecule has 0 spiro atoms. The predicted molar refractivity (Wildman–Crippen MR) is 75.5 cm³/mol. The lowest BCUT2D eigenvalue weighted by Gasteiger charge is -2.09. The van der Waals surface area contributed by atoms with Crippen molar-refractivity contribution < 1.29 is 9.90 Å². The fourth-order valence-electron chi connectivity index (χ4n) is 3.65. The first-order valence-electron chi connectivity index (χ1n) is 6.94. The number of carboxylic acid groups (broad SMARTS) is 1. The molecule has 0 aliphatic heterocycles. The third kappa shape index (κ3) is 1.59. The third-order valence-corrected chi connectivity index (χ3v) is 4.64. The normalized spacial score (nSPS) is 25.9. The summed E-state index contributed by atoms with van der Waals surface area (Å²) in [4.78, 5) is 15.3. The van der Waals surface area contributed by atoms with E-state index in [4.69, 9.17) is 5.11 Å². The Hall–Kier alpha value is -2.16. The number of nitrogens with zero attached hydrogens (tertiary/aromatic N) is 1. The van der Waals surface area contributed by atoms with Gasteiger partial charge < -0.3 is 5.11 Å². The van der Waals surface area contributed by atoms with Crippen LogP contribution in [0.3, 0.4) is 0 Å². The van der Waals surface area contributed by atoms with Crippen LogP contribution < -0.4 is 0 Å². The van der Waals surface area contributed by atoms with E-state index in [-0.39, 0.29) is 11.8 Å². The molecule has 3 nitrogen and oxygen atoms in total. The average molecular weight is 265 g/mol. The average Bonchev–Trinajstić information content (AvgIpc) is 3.02. The zero-order valence-corrected chi connectivity index (χ0v) is 11.2. The van der Waals surface area contributed by atoms with Gasteiger partial charge in [-0.15, -0.1) is 0 Å². The van der Waals surface area contributed by atoms with Crippen LogP contribution in [0.4, 0.5) is 0 Å². The van der Waals surface area contributed by atoms with Crippen LogP contribution in [0.1, 0.15) is 22.7 Å². The zero-order chi connectivity index (χ0) is 13.9. The minimum Gasteiger partial charge on any atom is -0.481 e. The maximum absolute atomic E-state index is 11.1. The number of aliphatic carboxylic acids is 1. The summed E-state index contributed by atoms with van der Waals surface area (Å²) in [5, 5.41) is 9.14. The second-order valence-electron chi connectivity index (χ2n) is 5.86. The van der Waals surface area contributed by atoms with E-state index in [0.29, 0.717) is 5.92 Å². The van der Waals surface area contributed by atoms with Gasteiger partial charge in [0.05, 0.1) is 5.92 Å². The summed E-state index contributed by atoms with van der Waals surface area (Å²) in [5.74, 6) is -0.191. The van der Waals surface area contributed by atoms with Crippen LogP contribution >= 0.6 is 0 Å². The largest absolute Gasteiger partial charge is 0.481 e. The summed E-state index contributed by atoms with van der Waals surface area (Å²) in [6.45, 7) is 1.99. The molecule has 0 saturated heterocycles. The Balaban J connectivity index is 1.70. The Kier molecular flexibility index (Phi) is 2.28. The summed E-state index contributed by atoms with van der Waals surface area (Å²) < 4.78 is 0. The van der Waals surface area contributed by atoms with E-state index in [9.17, 15) is 4.79 Å². The van der Waals surface area contributed by atoms with E-state index in [2.05, 4.69) is 29.2 Å². The maximum Gasteiger partial charge on any atom is 0.307 e. The van der Waals surface area contributed by atoms with Gasteiger partial charge in [0, 0.05) is 17.8 Å². The Bertz CT molecular complexity index is 723. The van der Waals surface area contributed by atoms with Gasteiger partial charge in [-0.1, -0.05) is 18.2 Å². The van der Waals surface area contributed by atoms with Gasteiger partial charge in [0.1, 0.15) is 0 Å². The van der Waals surface area contributed by atoms with E-state index in [1.54, 1.807) is 0 Å². The lowest BCUT2D eigenvalue weighted by Crippen LogP contribution is -2.05. The van der Waals surface area contributed by atoms with Crippen molar-refractivity contribution in [3.63, 3.8) is 0 Å². The summed E-state index contributed by atoms with van der Waals surface area (Å²) in [6.07, 6.45) is 2.74. The first-order valence-corrected chi connectivity index (χ1v) is 6.94. The number of carboxylic acids is 1. The number of carbonyl (C=O) groups is 1. The highest BCUT2D eigenvalue weighted by atomic mass is 16.4. The van der Waals surface area contributed by atoms with Crippen LogP contribution in [0, 0.1) is 18.8 Å². The monoisotopic (exact) mass is 265 g/mol. The van der Waals surface area contributed by atoms with Crippen LogP contribution in [-0.2, 0) is 11.2 Å². The molecule has 0 bridgehead atoms. The highest BCUT2D eigenvalue weighted by Crippen LogP contribution is 2.61. The molecule has 0 amide bonds. The number of fused-ring (bicyclic) bond motifs is 3. The molecule has 1 aromatic carbocycles. The molecule has 0 radical (unpaired) electrons. The molecule has 3 atom stereocenters. The van der Waals surface area contributed by atoms with E-state index < -0.39 is 5.97 Å². The number of hydrogen-bond donors (Lipinski definition) is 1. The Morgan fingerprint density at radius 2 is 2.05 bits per heavy atom. The van der Waals surface area contributed by atoms with Crippen molar-refractivity contribution >= 4 is 5.97 Å². The quantitative estimate of drug-likeness (QED) is 0.908. The fraction of sp³-hybridized carbons (Fsp3) is 0.294. The van der Waals surface area contributed by atoms with Gasteiger partial charge in [0.15, 0.2) is 0 Å². The summed E-state index contributed by atoms with van der Waals surface area (Å²) >= 11 is 0. The minimum absolute atomic E-state index is 0.142.